The second kappa shape index (κ2) is 4.18. The van der Waals surface area contributed by atoms with E-state index in [0.717, 1.165) is 0 Å². The molecule has 0 saturated carbocycles. The van der Waals surface area contributed by atoms with Crippen LogP contribution in [0.2, 0.25) is 5.02 Å². The maximum atomic E-state index is 10.1. The molecule has 1 N–H and O–H groups in total. The number of aliphatic hydroxyl groups excluding tert-OH is 1. The zero-order valence-corrected chi connectivity index (χ0v) is 7.03. The van der Waals surface area contributed by atoms with E-state index in [1.165, 1.54) is 6.20 Å². The lowest BCUT2D eigenvalue weighted by atomic mass is 10.2. The Balaban J connectivity index is 2.86. The summed E-state index contributed by atoms with van der Waals surface area (Å²) in [7, 11) is 0. The minimum Gasteiger partial charge on any atom is -0.386 e. The number of rotatable bonds is 3. The van der Waals surface area contributed by atoms with Crippen molar-refractivity contribution in [3.05, 3.63) is 29.0 Å². The van der Waals surface area contributed by atoms with Gasteiger partial charge in [0.1, 0.15) is 12.4 Å². The lowest BCUT2D eigenvalue weighted by Crippen LogP contribution is -2.01. The molecule has 0 amide bonds. The van der Waals surface area contributed by atoms with Gasteiger partial charge in [-0.15, -0.1) is 0 Å². The van der Waals surface area contributed by atoms with Crippen LogP contribution in [0.1, 0.15) is 18.2 Å². The van der Waals surface area contributed by atoms with Gasteiger partial charge in [-0.1, -0.05) is 11.6 Å². The molecule has 64 valence electrons. The molecule has 1 heterocycles. The summed E-state index contributed by atoms with van der Waals surface area (Å²) in [5.74, 6) is 0. The molecular formula is C8H8ClNO2. The number of carbonyl (C=O) groups excluding carboxylic acids is 1. The van der Waals surface area contributed by atoms with Crippen LogP contribution in [0.5, 0.6) is 0 Å². The van der Waals surface area contributed by atoms with Crippen LogP contribution in [0.3, 0.4) is 0 Å². The van der Waals surface area contributed by atoms with Gasteiger partial charge >= 0.3 is 0 Å². The number of aldehydes is 1. The fourth-order valence-corrected chi connectivity index (χ4v) is 1.09. The molecule has 0 saturated heterocycles. The van der Waals surface area contributed by atoms with Crippen molar-refractivity contribution in [3.8, 4) is 0 Å². The van der Waals surface area contributed by atoms with E-state index in [0.29, 0.717) is 17.0 Å². The van der Waals surface area contributed by atoms with E-state index in [2.05, 4.69) is 4.98 Å². The third kappa shape index (κ3) is 2.03. The van der Waals surface area contributed by atoms with Gasteiger partial charge in [0.05, 0.1) is 10.7 Å². The van der Waals surface area contributed by atoms with Crippen molar-refractivity contribution in [2.24, 2.45) is 0 Å². The van der Waals surface area contributed by atoms with Crippen LogP contribution in [0.15, 0.2) is 18.3 Å². The van der Waals surface area contributed by atoms with Gasteiger partial charge in [0.15, 0.2) is 0 Å². The Morgan fingerprint density at radius 2 is 2.50 bits per heavy atom. The van der Waals surface area contributed by atoms with Crippen LogP contribution in [0.25, 0.3) is 0 Å². The molecule has 0 radical (unpaired) electrons. The Bertz CT molecular complexity index is 278. The molecule has 1 aromatic rings. The predicted molar refractivity (Wildman–Crippen MR) is 44.9 cm³/mol. The van der Waals surface area contributed by atoms with Gasteiger partial charge in [-0.25, -0.2) is 0 Å². The number of pyridine rings is 1. The highest BCUT2D eigenvalue weighted by Crippen LogP contribution is 2.21. The largest absolute Gasteiger partial charge is 0.386 e. The van der Waals surface area contributed by atoms with Gasteiger partial charge in [0.2, 0.25) is 0 Å². The summed E-state index contributed by atoms with van der Waals surface area (Å²) < 4.78 is 0. The normalized spacial score (nSPS) is 12.5. The third-order valence-electron chi connectivity index (χ3n) is 1.42. The second-order valence-electron chi connectivity index (χ2n) is 2.29. The number of aromatic nitrogens is 1. The Kier molecular flexibility index (Phi) is 3.19. The lowest BCUT2D eigenvalue weighted by molar-refractivity contribution is -0.109. The van der Waals surface area contributed by atoms with Gasteiger partial charge in [0.25, 0.3) is 0 Å². The number of halogens is 1. The molecule has 3 nitrogen and oxygen atoms in total. The summed E-state index contributed by atoms with van der Waals surface area (Å²) in [5.41, 5.74) is 0.353. The maximum Gasteiger partial charge on any atom is 0.122 e. The van der Waals surface area contributed by atoms with Crippen molar-refractivity contribution in [2.75, 3.05) is 0 Å². The number of hydrogen-bond donors (Lipinski definition) is 1. The van der Waals surface area contributed by atoms with E-state index >= 15 is 0 Å². The van der Waals surface area contributed by atoms with Crippen LogP contribution in [0.4, 0.5) is 0 Å². The summed E-state index contributed by atoms with van der Waals surface area (Å²) in [6.45, 7) is 0. The molecule has 0 aromatic carbocycles. The Morgan fingerprint density at radius 1 is 1.75 bits per heavy atom. The molecule has 0 aliphatic heterocycles. The summed E-state index contributed by atoms with van der Waals surface area (Å²) >= 11 is 5.72. The molecule has 0 aliphatic rings. The Labute approximate surface area is 75.0 Å². The molecule has 12 heavy (non-hydrogen) atoms. The Morgan fingerprint density at radius 3 is 3.08 bits per heavy atom. The van der Waals surface area contributed by atoms with Crippen molar-refractivity contribution >= 4 is 17.9 Å². The van der Waals surface area contributed by atoms with Crippen LogP contribution < -0.4 is 0 Å². The SMILES string of the molecule is O=CCC(O)c1ncccc1Cl. The highest BCUT2D eigenvalue weighted by atomic mass is 35.5. The minimum atomic E-state index is -0.892. The van der Waals surface area contributed by atoms with Crippen molar-refractivity contribution in [1.82, 2.24) is 4.98 Å². The summed E-state index contributed by atoms with van der Waals surface area (Å²) in [6.07, 6.45) is 1.29. The fourth-order valence-electron chi connectivity index (χ4n) is 0.846. The van der Waals surface area contributed by atoms with Crippen LogP contribution >= 0.6 is 11.6 Å². The minimum absolute atomic E-state index is 0.0245. The fraction of sp³-hybridized carbons (Fsp3) is 0.250. The maximum absolute atomic E-state index is 10.1. The smallest absolute Gasteiger partial charge is 0.122 e. The van der Waals surface area contributed by atoms with Crippen molar-refractivity contribution in [1.29, 1.82) is 0 Å². The number of aliphatic hydroxyl groups is 1. The van der Waals surface area contributed by atoms with E-state index in [4.69, 9.17) is 11.6 Å². The van der Waals surface area contributed by atoms with Crippen molar-refractivity contribution < 1.29 is 9.90 Å². The first-order valence-corrected chi connectivity index (χ1v) is 3.85. The van der Waals surface area contributed by atoms with E-state index in [-0.39, 0.29) is 6.42 Å². The first-order chi connectivity index (χ1) is 5.75. The average molecular weight is 186 g/mol. The number of nitrogens with zero attached hydrogens (tertiary/aromatic N) is 1. The van der Waals surface area contributed by atoms with Gasteiger partial charge in [-0.05, 0) is 12.1 Å². The molecule has 0 spiro atoms. The van der Waals surface area contributed by atoms with Crippen LogP contribution in [-0.2, 0) is 4.79 Å². The van der Waals surface area contributed by atoms with E-state index in [9.17, 15) is 9.90 Å². The summed E-state index contributed by atoms with van der Waals surface area (Å²) in [5, 5.41) is 9.70. The molecular weight excluding hydrogens is 178 g/mol. The first-order valence-electron chi connectivity index (χ1n) is 3.48. The average Bonchev–Trinajstić information content (AvgIpc) is 2.05. The van der Waals surface area contributed by atoms with Gasteiger partial charge in [-0.3, -0.25) is 4.98 Å². The summed E-state index contributed by atoms with van der Waals surface area (Å²) in [6, 6.07) is 3.29. The first kappa shape index (κ1) is 9.16. The quantitative estimate of drug-likeness (QED) is 0.724. The van der Waals surface area contributed by atoms with E-state index in [1.54, 1.807) is 12.1 Å². The molecule has 1 atom stereocenters. The molecule has 0 fully saturated rings. The predicted octanol–water partition coefficient (Wildman–Crippen LogP) is 1.36. The highest BCUT2D eigenvalue weighted by molar-refractivity contribution is 6.31. The third-order valence-corrected chi connectivity index (χ3v) is 1.74. The standard InChI is InChI=1S/C8H8ClNO2/c9-6-2-1-4-10-8(6)7(12)3-5-11/h1-2,4-5,7,12H,3H2. The van der Waals surface area contributed by atoms with Gasteiger partial charge < -0.3 is 9.90 Å². The van der Waals surface area contributed by atoms with Gasteiger partial charge in [-0.2, -0.15) is 0 Å². The molecule has 4 heteroatoms. The Hall–Kier alpha value is -0.930. The van der Waals surface area contributed by atoms with Crippen molar-refractivity contribution in [3.63, 3.8) is 0 Å². The highest BCUT2D eigenvalue weighted by Gasteiger charge is 2.11. The molecule has 1 unspecified atom stereocenters. The second-order valence-corrected chi connectivity index (χ2v) is 2.70. The van der Waals surface area contributed by atoms with Gasteiger partial charge in [0, 0.05) is 12.6 Å². The zero-order valence-electron chi connectivity index (χ0n) is 6.27. The molecule has 0 bridgehead atoms. The molecule has 0 aliphatic carbocycles. The zero-order chi connectivity index (χ0) is 8.97. The molecule has 1 aromatic heterocycles. The van der Waals surface area contributed by atoms with Crippen LogP contribution in [-0.4, -0.2) is 16.4 Å². The monoisotopic (exact) mass is 185 g/mol. The topological polar surface area (TPSA) is 50.2 Å². The molecule has 1 rings (SSSR count). The lowest BCUT2D eigenvalue weighted by Gasteiger charge is -2.06. The van der Waals surface area contributed by atoms with Crippen molar-refractivity contribution in [2.45, 2.75) is 12.5 Å². The van der Waals surface area contributed by atoms with E-state index in [1.807, 2.05) is 0 Å². The number of carbonyl (C=O) groups is 1. The number of hydrogen-bond acceptors (Lipinski definition) is 3. The summed E-state index contributed by atoms with van der Waals surface area (Å²) in [4.78, 5) is 13.9. The van der Waals surface area contributed by atoms with Crippen LogP contribution in [0, 0.1) is 0 Å². The van der Waals surface area contributed by atoms with E-state index < -0.39 is 6.10 Å².